The van der Waals surface area contributed by atoms with Crippen molar-refractivity contribution in [3.05, 3.63) is 59.8 Å². The van der Waals surface area contributed by atoms with Gasteiger partial charge in [0.15, 0.2) is 0 Å². The van der Waals surface area contributed by atoms with E-state index < -0.39 is 17.6 Å². The predicted molar refractivity (Wildman–Crippen MR) is 113 cm³/mol. The van der Waals surface area contributed by atoms with E-state index in [2.05, 4.69) is 25.2 Å². The standard InChI is InChI=1S/C19H14F3N7O3.C2H6/c1-29-14(9-31-15-5-3-11(7-25-15)19(20,21)22)12(8-26-29)18-27-17(28-32-18)10-2-4-13(16(23)30)24-6-10;1-2/h2-8H,9H2,1H3,(H2,23,30);1-2H3. The van der Waals surface area contributed by atoms with Gasteiger partial charge in [0.25, 0.3) is 11.8 Å². The lowest BCUT2D eigenvalue weighted by Gasteiger charge is -2.09. The monoisotopic (exact) mass is 475 g/mol. The molecule has 0 aliphatic rings. The second-order valence-electron chi connectivity index (χ2n) is 6.52. The maximum absolute atomic E-state index is 12.7. The highest BCUT2D eigenvalue weighted by Gasteiger charge is 2.30. The molecule has 10 nitrogen and oxygen atoms in total. The van der Waals surface area contributed by atoms with E-state index in [9.17, 15) is 18.0 Å². The van der Waals surface area contributed by atoms with E-state index in [4.69, 9.17) is 15.0 Å². The van der Waals surface area contributed by atoms with Gasteiger partial charge in [-0.2, -0.15) is 23.3 Å². The molecule has 34 heavy (non-hydrogen) atoms. The molecule has 4 heterocycles. The number of aromatic nitrogens is 6. The number of rotatable bonds is 6. The third kappa shape index (κ3) is 5.36. The zero-order valence-electron chi connectivity index (χ0n) is 18.4. The van der Waals surface area contributed by atoms with Gasteiger partial charge < -0.3 is 15.0 Å². The van der Waals surface area contributed by atoms with Crippen LogP contribution in [-0.4, -0.2) is 35.8 Å². The fourth-order valence-electron chi connectivity index (χ4n) is 2.71. The molecule has 0 saturated heterocycles. The summed E-state index contributed by atoms with van der Waals surface area (Å²) in [6, 6.07) is 5.03. The minimum atomic E-state index is -4.48. The largest absolute Gasteiger partial charge is 0.471 e. The van der Waals surface area contributed by atoms with Gasteiger partial charge in [-0.1, -0.05) is 19.0 Å². The molecule has 178 valence electrons. The molecule has 0 unspecified atom stereocenters. The molecule has 4 rings (SSSR count). The van der Waals surface area contributed by atoms with Crippen LogP contribution in [0.5, 0.6) is 5.88 Å². The van der Waals surface area contributed by atoms with Crippen LogP contribution in [0.4, 0.5) is 13.2 Å². The average molecular weight is 475 g/mol. The molecule has 1 amide bonds. The smallest absolute Gasteiger partial charge is 0.417 e. The number of hydrogen-bond donors (Lipinski definition) is 1. The third-order valence-electron chi connectivity index (χ3n) is 4.41. The van der Waals surface area contributed by atoms with E-state index in [0.717, 1.165) is 12.1 Å². The normalized spacial score (nSPS) is 11.0. The highest BCUT2D eigenvalue weighted by molar-refractivity contribution is 5.90. The Labute approximate surface area is 191 Å². The first-order valence-corrected chi connectivity index (χ1v) is 9.99. The zero-order valence-corrected chi connectivity index (χ0v) is 18.4. The summed E-state index contributed by atoms with van der Waals surface area (Å²) in [6.07, 6.45) is -0.906. The molecule has 0 aliphatic heterocycles. The fourth-order valence-corrected chi connectivity index (χ4v) is 2.71. The summed E-state index contributed by atoms with van der Waals surface area (Å²) in [5, 5.41) is 8.04. The number of ether oxygens (including phenoxy) is 1. The highest BCUT2D eigenvalue weighted by atomic mass is 19.4. The third-order valence-corrected chi connectivity index (χ3v) is 4.41. The van der Waals surface area contributed by atoms with Gasteiger partial charge in [-0.15, -0.1) is 0 Å². The first-order chi connectivity index (χ1) is 16.2. The molecule has 0 saturated carbocycles. The molecular formula is C21H20F3N7O3. The van der Waals surface area contributed by atoms with Crippen LogP contribution in [0.1, 0.15) is 35.6 Å². The topological polar surface area (TPSA) is 135 Å². The Balaban J connectivity index is 0.00000158. The summed E-state index contributed by atoms with van der Waals surface area (Å²) >= 11 is 0. The molecule has 2 N–H and O–H groups in total. The van der Waals surface area contributed by atoms with Crippen molar-refractivity contribution in [3.63, 3.8) is 0 Å². The molecule has 0 spiro atoms. The van der Waals surface area contributed by atoms with Crippen molar-refractivity contribution in [3.8, 4) is 28.7 Å². The second-order valence-corrected chi connectivity index (χ2v) is 6.52. The van der Waals surface area contributed by atoms with Crippen molar-refractivity contribution in [2.45, 2.75) is 26.6 Å². The maximum Gasteiger partial charge on any atom is 0.417 e. The number of nitrogens with two attached hydrogens (primary N) is 1. The summed E-state index contributed by atoms with van der Waals surface area (Å²) in [5.74, 6) is -0.278. The van der Waals surface area contributed by atoms with Gasteiger partial charge in [0.2, 0.25) is 11.7 Å². The highest BCUT2D eigenvalue weighted by Crippen LogP contribution is 2.30. The summed E-state index contributed by atoms with van der Waals surface area (Å²) in [6.45, 7) is 3.94. The Morgan fingerprint density at radius 2 is 1.88 bits per heavy atom. The van der Waals surface area contributed by atoms with Gasteiger partial charge in [-0.3, -0.25) is 14.5 Å². The molecule has 0 radical (unpaired) electrons. The summed E-state index contributed by atoms with van der Waals surface area (Å²) in [5.41, 5.74) is 5.90. The van der Waals surface area contributed by atoms with Crippen molar-refractivity contribution >= 4 is 5.91 Å². The molecule has 0 atom stereocenters. The summed E-state index contributed by atoms with van der Waals surface area (Å²) < 4.78 is 50.3. The van der Waals surface area contributed by atoms with E-state index in [1.807, 2.05) is 13.8 Å². The Bertz CT molecular complexity index is 1250. The van der Waals surface area contributed by atoms with Crippen LogP contribution in [0, 0.1) is 0 Å². The Morgan fingerprint density at radius 1 is 1.12 bits per heavy atom. The number of primary amides is 1. The van der Waals surface area contributed by atoms with Crippen LogP contribution in [-0.2, 0) is 19.8 Å². The van der Waals surface area contributed by atoms with Gasteiger partial charge in [-0.05, 0) is 18.2 Å². The van der Waals surface area contributed by atoms with Gasteiger partial charge >= 0.3 is 6.18 Å². The van der Waals surface area contributed by atoms with E-state index in [1.165, 1.54) is 23.1 Å². The average Bonchev–Trinajstić information content (AvgIpc) is 3.45. The van der Waals surface area contributed by atoms with Crippen molar-refractivity contribution in [1.82, 2.24) is 29.9 Å². The van der Waals surface area contributed by atoms with Gasteiger partial charge in [0.1, 0.15) is 12.3 Å². The first kappa shape index (κ1) is 24.4. The van der Waals surface area contributed by atoms with Crippen LogP contribution in [0.15, 0.2) is 47.4 Å². The minimum Gasteiger partial charge on any atom is -0.471 e. The number of hydrogen-bond acceptors (Lipinski definition) is 8. The van der Waals surface area contributed by atoms with Crippen molar-refractivity contribution < 1.29 is 27.2 Å². The molecule has 4 aromatic heterocycles. The zero-order chi connectivity index (χ0) is 24.9. The van der Waals surface area contributed by atoms with Crippen LogP contribution in [0.3, 0.4) is 0 Å². The number of amides is 1. The number of aryl methyl sites for hydroxylation is 1. The maximum atomic E-state index is 12.7. The lowest BCUT2D eigenvalue weighted by atomic mass is 10.2. The number of alkyl halides is 3. The molecule has 13 heteroatoms. The number of nitrogens with zero attached hydrogens (tertiary/aromatic N) is 6. The lowest BCUT2D eigenvalue weighted by molar-refractivity contribution is -0.137. The number of halogens is 3. The fraction of sp³-hybridized carbons (Fsp3) is 0.238. The quantitative estimate of drug-likeness (QED) is 0.447. The van der Waals surface area contributed by atoms with Crippen LogP contribution in [0.25, 0.3) is 22.8 Å². The Kier molecular flexibility index (Phi) is 7.24. The second kappa shape index (κ2) is 10.1. The van der Waals surface area contributed by atoms with E-state index >= 15 is 0 Å². The molecule has 0 aliphatic carbocycles. The number of carbonyl (C=O) groups is 1. The van der Waals surface area contributed by atoms with Crippen molar-refractivity contribution in [1.29, 1.82) is 0 Å². The van der Waals surface area contributed by atoms with E-state index in [0.29, 0.717) is 23.0 Å². The number of pyridine rings is 2. The Hall–Kier alpha value is -4.29. The molecule has 0 fully saturated rings. The van der Waals surface area contributed by atoms with E-state index in [1.54, 1.807) is 13.1 Å². The predicted octanol–water partition coefficient (Wildman–Crippen LogP) is 3.65. The summed E-state index contributed by atoms with van der Waals surface area (Å²) in [4.78, 5) is 23.1. The Morgan fingerprint density at radius 3 is 2.47 bits per heavy atom. The number of carbonyl (C=O) groups excluding carboxylic acids is 1. The molecule has 0 aromatic carbocycles. The van der Waals surface area contributed by atoms with Crippen molar-refractivity contribution in [2.24, 2.45) is 12.8 Å². The summed E-state index contributed by atoms with van der Waals surface area (Å²) in [7, 11) is 1.66. The molecular weight excluding hydrogens is 455 g/mol. The van der Waals surface area contributed by atoms with E-state index in [-0.39, 0.29) is 29.9 Å². The molecule has 4 aromatic rings. The minimum absolute atomic E-state index is 0.0111. The van der Waals surface area contributed by atoms with Crippen LogP contribution in [0.2, 0.25) is 0 Å². The van der Waals surface area contributed by atoms with Gasteiger partial charge in [0.05, 0.1) is 23.0 Å². The van der Waals surface area contributed by atoms with Crippen LogP contribution < -0.4 is 10.5 Å². The SMILES string of the molecule is CC.Cn1ncc(-c2nc(-c3ccc(C(N)=O)nc3)no2)c1COc1ccc(C(F)(F)F)cn1. The van der Waals surface area contributed by atoms with Gasteiger partial charge in [0, 0.05) is 31.1 Å². The lowest BCUT2D eigenvalue weighted by Crippen LogP contribution is -2.12. The van der Waals surface area contributed by atoms with Crippen LogP contribution >= 0.6 is 0 Å². The first-order valence-electron chi connectivity index (χ1n) is 9.99. The van der Waals surface area contributed by atoms with Gasteiger partial charge in [-0.25, -0.2) is 4.98 Å². The van der Waals surface area contributed by atoms with Crippen molar-refractivity contribution in [2.75, 3.05) is 0 Å². The molecule has 0 bridgehead atoms.